The normalized spacial score (nSPS) is 11.3. The lowest BCUT2D eigenvalue weighted by molar-refractivity contribution is -0.140. The number of hydrogen-bond acceptors (Lipinski definition) is 6. The molecule has 1 atom stereocenters. The van der Waals surface area contributed by atoms with E-state index in [0.717, 1.165) is 0 Å². The first-order chi connectivity index (χ1) is 11.5. The van der Waals surface area contributed by atoms with Crippen LogP contribution in [0.25, 0.3) is 0 Å². The number of hydrogen-bond donors (Lipinski definition) is 2. The van der Waals surface area contributed by atoms with Crippen LogP contribution in [0.4, 0.5) is 0 Å². The Morgan fingerprint density at radius 1 is 1.17 bits per heavy atom. The van der Waals surface area contributed by atoms with Gasteiger partial charge in [-0.25, -0.2) is 4.79 Å². The van der Waals surface area contributed by atoms with Crippen molar-refractivity contribution < 1.29 is 33.6 Å². The highest BCUT2D eigenvalue weighted by Gasteiger charge is 2.24. The predicted molar refractivity (Wildman–Crippen MR) is 86.0 cm³/mol. The van der Waals surface area contributed by atoms with Gasteiger partial charge in [0.1, 0.15) is 5.75 Å². The number of carboxylic acids is 1. The van der Waals surface area contributed by atoms with Gasteiger partial charge in [0.15, 0.2) is 17.5 Å². The Balaban J connectivity index is 3.03. The van der Waals surface area contributed by atoms with Crippen molar-refractivity contribution >= 4 is 11.9 Å². The van der Waals surface area contributed by atoms with E-state index in [1.54, 1.807) is 0 Å². The molecule has 0 spiro atoms. The third-order valence-electron chi connectivity index (χ3n) is 3.07. The molecule has 0 bridgehead atoms. The topological polar surface area (TPSA) is 103 Å². The van der Waals surface area contributed by atoms with Crippen molar-refractivity contribution in [2.75, 3.05) is 34.5 Å². The molecule has 1 aromatic rings. The van der Waals surface area contributed by atoms with Crippen LogP contribution in [0.1, 0.15) is 10.4 Å². The molecule has 0 radical (unpaired) electrons. The van der Waals surface area contributed by atoms with E-state index in [1.807, 2.05) is 0 Å². The third-order valence-corrected chi connectivity index (χ3v) is 3.07. The van der Waals surface area contributed by atoms with Gasteiger partial charge in [-0.1, -0.05) is 6.08 Å². The van der Waals surface area contributed by atoms with Gasteiger partial charge in [0.25, 0.3) is 5.91 Å². The van der Waals surface area contributed by atoms with Crippen LogP contribution in [0, 0.1) is 0 Å². The lowest BCUT2D eigenvalue weighted by Gasteiger charge is -2.17. The fraction of sp³-hybridized carbons (Fsp3) is 0.375. The molecule has 0 aliphatic heterocycles. The van der Waals surface area contributed by atoms with Crippen LogP contribution in [0.5, 0.6) is 17.2 Å². The molecule has 0 saturated heterocycles. The number of methoxy groups -OCH3 is 3. The quantitative estimate of drug-likeness (QED) is 0.486. The number of amides is 1. The van der Waals surface area contributed by atoms with Crippen molar-refractivity contribution in [1.82, 2.24) is 5.32 Å². The molecule has 1 aromatic carbocycles. The number of ether oxygens (including phenoxy) is 4. The zero-order valence-electron chi connectivity index (χ0n) is 13.8. The average molecular weight is 339 g/mol. The van der Waals surface area contributed by atoms with Crippen LogP contribution in [0.15, 0.2) is 24.8 Å². The van der Waals surface area contributed by atoms with Crippen LogP contribution in [-0.4, -0.2) is 57.6 Å². The van der Waals surface area contributed by atoms with E-state index in [-0.39, 0.29) is 24.5 Å². The number of benzene rings is 1. The number of carbonyl (C=O) groups excluding carboxylic acids is 1. The Kier molecular flexibility index (Phi) is 7.57. The van der Waals surface area contributed by atoms with Crippen molar-refractivity contribution in [3.05, 3.63) is 30.4 Å². The maximum absolute atomic E-state index is 12.4. The van der Waals surface area contributed by atoms with Crippen LogP contribution < -0.4 is 19.5 Å². The van der Waals surface area contributed by atoms with Gasteiger partial charge in [0, 0.05) is 12.1 Å². The summed E-state index contributed by atoms with van der Waals surface area (Å²) in [5.41, 5.74) is 0.116. The molecular weight excluding hydrogens is 318 g/mol. The summed E-state index contributed by atoms with van der Waals surface area (Å²) in [6.07, 6.45) is 1.48. The number of aliphatic carboxylic acids is 1. The molecule has 8 nitrogen and oxygen atoms in total. The summed E-state index contributed by atoms with van der Waals surface area (Å²) in [6, 6.07) is 1.68. The molecule has 1 amide bonds. The molecule has 1 unspecified atom stereocenters. The Hall–Kier alpha value is -2.74. The first kappa shape index (κ1) is 19.3. The summed E-state index contributed by atoms with van der Waals surface area (Å²) in [5, 5.41) is 11.6. The molecular formula is C16H21NO7. The van der Waals surface area contributed by atoms with Gasteiger partial charge in [-0.3, -0.25) is 4.79 Å². The second kappa shape index (κ2) is 9.41. The molecule has 0 saturated carbocycles. The summed E-state index contributed by atoms with van der Waals surface area (Å²) >= 11 is 0. The van der Waals surface area contributed by atoms with Crippen LogP contribution in [0.3, 0.4) is 0 Å². The van der Waals surface area contributed by atoms with Gasteiger partial charge in [0.05, 0.1) is 40.1 Å². The Morgan fingerprint density at radius 3 is 2.25 bits per heavy atom. The number of carboxylic acid groups (broad SMARTS) is 1. The largest absolute Gasteiger partial charge is 0.496 e. The van der Waals surface area contributed by atoms with E-state index in [9.17, 15) is 14.7 Å². The van der Waals surface area contributed by atoms with E-state index in [0.29, 0.717) is 11.5 Å². The number of rotatable bonds is 10. The molecule has 132 valence electrons. The monoisotopic (exact) mass is 339 g/mol. The fourth-order valence-corrected chi connectivity index (χ4v) is 1.89. The summed E-state index contributed by atoms with van der Waals surface area (Å²) in [5.74, 6) is -0.927. The minimum atomic E-state index is -1.22. The predicted octanol–water partition coefficient (Wildman–Crippen LogP) is 1.10. The van der Waals surface area contributed by atoms with Gasteiger partial charge in [-0.05, 0) is 0 Å². The minimum absolute atomic E-state index is 0.116. The summed E-state index contributed by atoms with van der Waals surface area (Å²) in [6.45, 7) is 3.46. The molecule has 2 N–H and O–H groups in total. The molecule has 1 rings (SSSR count). The molecule has 24 heavy (non-hydrogen) atoms. The van der Waals surface area contributed by atoms with Gasteiger partial charge < -0.3 is 29.4 Å². The van der Waals surface area contributed by atoms with E-state index in [2.05, 4.69) is 11.9 Å². The smallest absolute Gasteiger partial charge is 0.328 e. The standard InChI is InChI=1S/C16H21NO7/c1-5-6-24-9-11(16(19)20)17-15(18)10-7-13(22-3)14(23-4)8-12(10)21-2/h5,7-8,11H,1,6,9H2,2-4H3,(H,17,18)(H,19,20). The third kappa shape index (κ3) is 4.88. The van der Waals surface area contributed by atoms with E-state index >= 15 is 0 Å². The second-order valence-electron chi connectivity index (χ2n) is 4.60. The Morgan fingerprint density at radius 2 is 1.75 bits per heavy atom. The molecule has 0 aliphatic rings. The average Bonchev–Trinajstić information content (AvgIpc) is 2.59. The fourth-order valence-electron chi connectivity index (χ4n) is 1.89. The first-order valence-electron chi connectivity index (χ1n) is 7.00. The van der Waals surface area contributed by atoms with E-state index in [1.165, 1.54) is 39.5 Å². The van der Waals surface area contributed by atoms with Crippen molar-refractivity contribution in [3.63, 3.8) is 0 Å². The van der Waals surface area contributed by atoms with Crippen LogP contribution >= 0.6 is 0 Å². The van der Waals surface area contributed by atoms with Crippen molar-refractivity contribution in [3.8, 4) is 17.2 Å². The summed E-state index contributed by atoms with van der Waals surface area (Å²) in [4.78, 5) is 23.7. The minimum Gasteiger partial charge on any atom is -0.496 e. The SMILES string of the molecule is C=CCOCC(NC(=O)c1cc(OC)c(OC)cc1OC)C(=O)O. The number of nitrogens with one attached hydrogen (secondary N) is 1. The summed E-state index contributed by atoms with van der Waals surface area (Å²) < 4.78 is 20.5. The highest BCUT2D eigenvalue weighted by molar-refractivity contribution is 5.99. The molecule has 0 fully saturated rings. The van der Waals surface area contributed by atoms with Gasteiger partial charge in [0.2, 0.25) is 0 Å². The van der Waals surface area contributed by atoms with Crippen molar-refractivity contribution in [2.45, 2.75) is 6.04 Å². The lowest BCUT2D eigenvalue weighted by Crippen LogP contribution is -2.44. The Bertz CT molecular complexity index is 600. The maximum Gasteiger partial charge on any atom is 0.328 e. The maximum atomic E-state index is 12.4. The summed E-state index contributed by atoms with van der Waals surface area (Å²) in [7, 11) is 4.27. The highest BCUT2D eigenvalue weighted by atomic mass is 16.5. The van der Waals surface area contributed by atoms with Crippen molar-refractivity contribution in [2.24, 2.45) is 0 Å². The first-order valence-corrected chi connectivity index (χ1v) is 7.00. The molecule has 0 aliphatic carbocycles. The van der Waals surface area contributed by atoms with Crippen LogP contribution in [-0.2, 0) is 9.53 Å². The van der Waals surface area contributed by atoms with Crippen molar-refractivity contribution in [1.29, 1.82) is 0 Å². The molecule has 0 aromatic heterocycles. The molecule has 0 heterocycles. The zero-order valence-corrected chi connectivity index (χ0v) is 13.8. The van der Waals surface area contributed by atoms with E-state index in [4.69, 9.17) is 18.9 Å². The Labute approximate surface area is 140 Å². The highest BCUT2D eigenvalue weighted by Crippen LogP contribution is 2.34. The van der Waals surface area contributed by atoms with Gasteiger partial charge >= 0.3 is 5.97 Å². The van der Waals surface area contributed by atoms with Gasteiger partial charge in [-0.2, -0.15) is 0 Å². The van der Waals surface area contributed by atoms with Crippen LogP contribution in [0.2, 0.25) is 0 Å². The molecule has 8 heteroatoms. The zero-order chi connectivity index (χ0) is 18.1. The van der Waals surface area contributed by atoms with Gasteiger partial charge in [-0.15, -0.1) is 6.58 Å². The number of carbonyl (C=O) groups is 2. The van der Waals surface area contributed by atoms with E-state index < -0.39 is 17.9 Å². The lowest BCUT2D eigenvalue weighted by atomic mass is 10.1. The second-order valence-corrected chi connectivity index (χ2v) is 4.60.